The highest BCUT2D eigenvalue weighted by atomic mass is 32.1. The maximum atomic E-state index is 5.09. The number of nitrogens with zero attached hydrogens (tertiary/aromatic N) is 2. The Kier molecular flexibility index (Phi) is 6.02. The lowest BCUT2D eigenvalue weighted by Gasteiger charge is -2.31. The molecule has 1 saturated heterocycles. The fourth-order valence-electron chi connectivity index (χ4n) is 2.89. The number of hydrogen-bond acceptors (Lipinski definition) is 5. The second-order valence-electron chi connectivity index (χ2n) is 6.35. The van der Waals surface area contributed by atoms with Crippen LogP contribution in [0.25, 0.3) is 0 Å². The Morgan fingerprint density at radius 2 is 2.24 bits per heavy atom. The molecule has 1 aromatic heterocycles. The van der Waals surface area contributed by atoms with Crippen molar-refractivity contribution in [3.05, 3.63) is 10.6 Å². The Balaban J connectivity index is 2.09. The summed E-state index contributed by atoms with van der Waals surface area (Å²) in [5.41, 5.74) is 1.53. The molecule has 1 aromatic rings. The quantitative estimate of drug-likeness (QED) is 0.748. The van der Waals surface area contributed by atoms with E-state index in [1.54, 1.807) is 7.11 Å². The minimum Gasteiger partial charge on any atom is -0.383 e. The lowest BCUT2D eigenvalue weighted by Crippen LogP contribution is -2.38. The van der Waals surface area contributed by atoms with E-state index in [1.807, 2.05) is 11.3 Å². The predicted molar refractivity (Wildman–Crippen MR) is 90.4 cm³/mol. The first kappa shape index (κ1) is 16.7. The van der Waals surface area contributed by atoms with Gasteiger partial charge in [0.05, 0.1) is 12.3 Å². The van der Waals surface area contributed by atoms with Gasteiger partial charge in [0.25, 0.3) is 0 Å². The number of hydrogen-bond donors (Lipinski definition) is 1. The van der Waals surface area contributed by atoms with E-state index in [-0.39, 0.29) is 5.54 Å². The van der Waals surface area contributed by atoms with Crippen LogP contribution in [-0.4, -0.2) is 37.3 Å². The smallest absolute Gasteiger partial charge is 0.186 e. The van der Waals surface area contributed by atoms with Crippen molar-refractivity contribution in [1.29, 1.82) is 0 Å². The molecule has 0 aromatic carbocycles. The summed E-state index contributed by atoms with van der Waals surface area (Å²) in [5.74, 6) is 0. The monoisotopic (exact) mass is 311 g/mol. The number of ether oxygens (including phenoxy) is 1. The highest BCUT2D eigenvalue weighted by Crippen LogP contribution is 2.37. The third-order valence-electron chi connectivity index (χ3n) is 4.15. The van der Waals surface area contributed by atoms with Crippen molar-refractivity contribution in [2.24, 2.45) is 0 Å². The van der Waals surface area contributed by atoms with E-state index >= 15 is 0 Å². The van der Waals surface area contributed by atoms with Gasteiger partial charge in [-0.2, -0.15) is 0 Å². The maximum absolute atomic E-state index is 5.09. The van der Waals surface area contributed by atoms with Crippen LogP contribution >= 0.6 is 11.3 Å². The zero-order valence-electron chi connectivity index (χ0n) is 13.9. The van der Waals surface area contributed by atoms with Crippen LogP contribution in [0.1, 0.15) is 50.6 Å². The Morgan fingerprint density at radius 1 is 1.43 bits per heavy atom. The predicted octanol–water partition coefficient (Wildman–Crippen LogP) is 3.21. The van der Waals surface area contributed by atoms with Crippen molar-refractivity contribution in [1.82, 2.24) is 10.3 Å². The molecule has 2 heterocycles. The molecular weight excluding hydrogens is 282 g/mol. The molecule has 0 spiro atoms. The minimum atomic E-state index is 0.252. The van der Waals surface area contributed by atoms with E-state index in [1.165, 1.54) is 28.5 Å². The van der Waals surface area contributed by atoms with Crippen LogP contribution in [0.4, 0.5) is 5.13 Å². The fourth-order valence-corrected chi connectivity index (χ4v) is 4.16. The van der Waals surface area contributed by atoms with E-state index < -0.39 is 0 Å². The van der Waals surface area contributed by atoms with Crippen molar-refractivity contribution in [3.8, 4) is 0 Å². The summed E-state index contributed by atoms with van der Waals surface area (Å²) < 4.78 is 5.09. The normalized spacial score (nSPS) is 17.6. The zero-order valence-corrected chi connectivity index (χ0v) is 14.7. The highest BCUT2D eigenvalue weighted by molar-refractivity contribution is 7.15. The number of nitrogens with one attached hydrogen (secondary N) is 1. The van der Waals surface area contributed by atoms with Gasteiger partial charge in [0, 0.05) is 37.2 Å². The van der Waals surface area contributed by atoms with Crippen LogP contribution < -0.4 is 10.2 Å². The zero-order chi connectivity index (χ0) is 15.3. The van der Waals surface area contributed by atoms with Crippen molar-refractivity contribution in [2.45, 2.75) is 58.5 Å². The molecule has 0 atom stereocenters. The van der Waals surface area contributed by atoms with E-state index in [4.69, 9.17) is 9.72 Å². The Bertz CT molecular complexity index is 445. The van der Waals surface area contributed by atoms with Gasteiger partial charge in [0.15, 0.2) is 5.13 Å². The van der Waals surface area contributed by atoms with Gasteiger partial charge in [-0.25, -0.2) is 4.98 Å². The summed E-state index contributed by atoms with van der Waals surface area (Å²) in [6.45, 7) is 10.6. The molecule has 21 heavy (non-hydrogen) atoms. The molecule has 2 rings (SSSR count). The van der Waals surface area contributed by atoms with E-state index in [0.29, 0.717) is 0 Å². The van der Waals surface area contributed by atoms with Crippen molar-refractivity contribution in [2.75, 3.05) is 31.7 Å². The van der Waals surface area contributed by atoms with Gasteiger partial charge in [-0.1, -0.05) is 13.3 Å². The number of anilines is 1. The first-order valence-electron chi connectivity index (χ1n) is 8.04. The fraction of sp³-hybridized carbons (Fsp3) is 0.812. The van der Waals surface area contributed by atoms with Crippen LogP contribution in [0.2, 0.25) is 0 Å². The second kappa shape index (κ2) is 7.56. The molecule has 1 aliphatic rings. The molecule has 120 valence electrons. The van der Waals surface area contributed by atoms with Gasteiger partial charge < -0.3 is 15.0 Å². The van der Waals surface area contributed by atoms with Gasteiger partial charge in [0.2, 0.25) is 0 Å². The highest BCUT2D eigenvalue weighted by Gasteiger charge is 2.34. The summed E-state index contributed by atoms with van der Waals surface area (Å²) in [4.78, 5) is 8.84. The first-order valence-corrected chi connectivity index (χ1v) is 8.86. The third-order valence-corrected chi connectivity index (χ3v) is 5.27. The molecule has 0 aliphatic carbocycles. The van der Waals surface area contributed by atoms with Crippen molar-refractivity contribution < 1.29 is 4.74 Å². The van der Waals surface area contributed by atoms with Crippen molar-refractivity contribution in [3.63, 3.8) is 0 Å². The lowest BCUT2D eigenvalue weighted by molar-refractivity contribution is 0.199. The van der Waals surface area contributed by atoms with Gasteiger partial charge in [-0.05, 0) is 33.1 Å². The van der Waals surface area contributed by atoms with Crippen LogP contribution in [0.5, 0.6) is 0 Å². The topological polar surface area (TPSA) is 37.4 Å². The molecule has 1 fully saturated rings. The SMILES string of the molecule is CCCc1nc(N2CCCC2(C)C)sc1CNCCOC. The molecule has 1 N–H and O–H groups in total. The van der Waals surface area contributed by atoms with Gasteiger partial charge in [-0.3, -0.25) is 0 Å². The molecule has 5 heteroatoms. The molecule has 0 amide bonds. The Hall–Kier alpha value is -0.650. The van der Waals surface area contributed by atoms with Gasteiger partial charge in [0.1, 0.15) is 0 Å². The summed E-state index contributed by atoms with van der Waals surface area (Å²) in [5, 5.41) is 4.67. The molecule has 0 radical (unpaired) electrons. The van der Waals surface area contributed by atoms with E-state index in [9.17, 15) is 0 Å². The molecule has 1 aliphatic heterocycles. The number of aromatic nitrogens is 1. The number of thiazole rings is 1. The molecule has 0 unspecified atom stereocenters. The average Bonchev–Trinajstić information content (AvgIpc) is 2.98. The maximum Gasteiger partial charge on any atom is 0.186 e. The van der Waals surface area contributed by atoms with E-state index in [2.05, 4.69) is 31.0 Å². The minimum absolute atomic E-state index is 0.252. The van der Waals surface area contributed by atoms with Crippen LogP contribution in [0.15, 0.2) is 0 Å². The van der Waals surface area contributed by atoms with Crippen LogP contribution in [0.3, 0.4) is 0 Å². The largest absolute Gasteiger partial charge is 0.383 e. The third kappa shape index (κ3) is 4.18. The summed E-state index contributed by atoms with van der Waals surface area (Å²) in [7, 11) is 1.74. The Labute approximate surface area is 132 Å². The van der Waals surface area contributed by atoms with E-state index in [0.717, 1.165) is 39.1 Å². The van der Waals surface area contributed by atoms with Crippen LogP contribution in [-0.2, 0) is 17.7 Å². The number of aryl methyl sites for hydroxylation is 1. The van der Waals surface area contributed by atoms with Gasteiger partial charge >= 0.3 is 0 Å². The molecular formula is C16H29N3OS. The van der Waals surface area contributed by atoms with Crippen LogP contribution in [0, 0.1) is 0 Å². The average molecular weight is 311 g/mol. The standard InChI is InChI=1S/C16H29N3OS/c1-5-7-13-14(12-17-9-11-20-4)21-15(18-13)19-10-6-8-16(19,2)3/h17H,5-12H2,1-4H3. The number of rotatable bonds is 8. The van der Waals surface area contributed by atoms with Gasteiger partial charge in [-0.15, -0.1) is 11.3 Å². The summed E-state index contributed by atoms with van der Waals surface area (Å²) in [6.07, 6.45) is 4.76. The number of methoxy groups -OCH3 is 1. The molecule has 4 nitrogen and oxygen atoms in total. The molecule has 0 saturated carbocycles. The summed E-state index contributed by atoms with van der Waals surface area (Å²) in [6, 6.07) is 0. The lowest BCUT2D eigenvalue weighted by atomic mass is 10.0. The summed E-state index contributed by atoms with van der Waals surface area (Å²) >= 11 is 1.87. The Morgan fingerprint density at radius 3 is 2.86 bits per heavy atom. The molecule has 0 bridgehead atoms. The second-order valence-corrected chi connectivity index (χ2v) is 7.42. The first-order chi connectivity index (χ1) is 10.1. The van der Waals surface area contributed by atoms with Crippen molar-refractivity contribution >= 4 is 16.5 Å².